The van der Waals surface area contributed by atoms with E-state index in [-0.39, 0.29) is 5.91 Å². The fraction of sp³-hybridized carbons (Fsp3) is 0.200. The molecule has 2 aromatic heterocycles. The maximum Gasteiger partial charge on any atom is 0.255 e. The SMILES string of the molecule is Cc1cc(N2CCN(c3ncccn3)CC2)nc2ccc(NC(=O)c3cccc(Cl)c3)cc12. The number of carbonyl (C=O) groups is 1. The number of anilines is 3. The lowest BCUT2D eigenvalue weighted by Gasteiger charge is -2.35. The number of nitrogens with one attached hydrogen (secondary N) is 1. The fourth-order valence-electron chi connectivity index (χ4n) is 4.04. The molecule has 5 rings (SSSR count). The molecule has 1 fully saturated rings. The molecule has 1 aliphatic rings. The van der Waals surface area contributed by atoms with Crippen molar-refractivity contribution in [2.24, 2.45) is 0 Å². The molecule has 0 unspecified atom stereocenters. The first kappa shape index (κ1) is 21.2. The second-order valence-corrected chi connectivity index (χ2v) is 8.45. The van der Waals surface area contributed by atoms with Gasteiger partial charge < -0.3 is 15.1 Å². The number of piperazine rings is 1. The molecule has 1 aliphatic heterocycles. The third-order valence-corrected chi connectivity index (χ3v) is 6.02. The zero-order valence-electron chi connectivity index (χ0n) is 18.2. The smallest absolute Gasteiger partial charge is 0.255 e. The monoisotopic (exact) mass is 458 g/mol. The molecule has 3 heterocycles. The Morgan fingerprint density at radius 2 is 1.70 bits per heavy atom. The number of amides is 1. The van der Waals surface area contributed by atoms with Gasteiger partial charge in [-0.15, -0.1) is 0 Å². The zero-order valence-corrected chi connectivity index (χ0v) is 19.0. The van der Waals surface area contributed by atoms with Gasteiger partial charge in [-0.05, 0) is 61.0 Å². The topological polar surface area (TPSA) is 74.2 Å². The number of carbonyl (C=O) groups excluding carboxylic acids is 1. The van der Waals surface area contributed by atoms with E-state index in [2.05, 4.69) is 38.1 Å². The summed E-state index contributed by atoms with van der Waals surface area (Å²) in [5, 5.41) is 4.50. The summed E-state index contributed by atoms with van der Waals surface area (Å²) in [5.41, 5.74) is 3.26. The Morgan fingerprint density at radius 1 is 0.939 bits per heavy atom. The van der Waals surface area contributed by atoms with Crippen molar-refractivity contribution < 1.29 is 4.79 Å². The second-order valence-electron chi connectivity index (χ2n) is 8.02. The van der Waals surface area contributed by atoms with Gasteiger partial charge in [0.25, 0.3) is 5.91 Å². The Kier molecular flexibility index (Phi) is 5.79. The van der Waals surface area contributed by atoms with Crippen LogP contribution in [0.5, 0.6) is 0 Å². The molecule has 166 valence electrons. The van der Waals surface area contributed by atoms with Crippen LogP contribution in [0.4, 0.5) is 17.5 Å². The van der Waals surface area contributed by atoms with Crippen LogP contribution in [0.2, 0.25) is 5.02 Å². The summed E-state index contributed by atoms with van der Waals surface area (Å²) in [6, 6.07) is 16.6. The molecule has 0 radical (unpaired) electrons. The highest BCUT2D eigenvalue weighted by Gasteiger charge is 2.20. The van der Waals surface area contributed by atoms with Crippen molar-refractivity contribution in [3.8, 4) is 0 Å². The first-order valence-corrected chi connectivity index (χ1v) is 11.2. The lowest BCUT2D eigenvalue weighted by Crippen LogP contribution is -2.47. The third-order valence-electron chi connectivity index (χ3n) is 5.79. The van der Waals surface area contributed by atoms with E-state index in [1.54, 1.807) is 36.7 Å². The minimum atomic E-state index is -0.195. The van der Waals surface area contributed by atoms with Gasteiger partial charge in [-0.25, -0.2) is 15.0 Å². The van der Waals surface area contributed by atoms with Gasteiger partial charge >= 0.3 is 0 Å². The lowest BCUT2D eigenvalue weighted by atomic mass is 10.1. The van der Waals surface area contributed by atoms with Crippen molar-refractivity contribution in [1.29, 1.82) is 0 Å². The van der Waals surface area contributed by atoms with Gasteiger partial charge in [-0.3, -0.25) is 4.79 Å². The highest BCUT2D eigenvalue weighted by Crippen LogP contribution is 2.26. The van der Waals surface area contributed by atoms with Crippen LogP contribution in [0.25, 0.3) is 10.9 Å². The Hall–Kier alpha value is -3.71. The molecule has 0 atom stereocenters. The summed E-state index contributed by atoms with van der Waals surface area (Å²) in [6.07, 6.45) is 3.54. The summed E-state index contributed by atoms with van der Waals surface area (Å²) >= 11 is 6.01. The van der Waals surface area contributed by atoms with Crippen LogP contribution >= 0.6 is 11.6 Å². The van der Waals surface area contributed by atoms with Crippen molar-refractivity contribution in [2.45, 2.75) is 6.92 Å². The van der Waals surface area contributed by atoms with E-state index in [1.165, 1.54) is 0 Å². The molecule has 2 aromatic carbocycles. The molecular formula is C25H23ClN6O. The predicted octanol–water partition coefficient (Wildman–Crippen LogP) is 4.57. The average Bonchev–Trinajstić information content (AvgIpc) is 2.85. The van der Waals surface area contributed by atoms with Gasteiger partial charge in [-0.2, -0.15) is 0 Å². The van der Waals surface area contributed by atoms with Crippen LogP contribution in [0.3, 0.4) is 0 Å². The molecule has 1 saturated heterocycles. The number of aryl methyl sites for hydroxylation is 1. The van der Waals surface area contributed by atoms with E-state index in [4.69, 9.17) is 16.6 Å². The Morgan fingerprint density at radius 3 is 2.45 bits per heavy atom. The number of halogens is 1. The molecule has 0 aliphatic carbocycles. The number of fused-ring (bicyclic) bond motifs is 1. The minimum absolute atomic E-state index is 0.195. The molecular weight excluding hydrogens is 436 g/mol. The first-order valence-electron chi connectivity index (χ1n) is 10.8. The van der Waals surface area contributed by atoms with E-state index in [9.17, 15) is 4.79 Å². The van der Waals surface area contributed by atoms with Crippen molar-refractivity contribution in [3.05, 3.63) is 83.1 Å². The molecule has 7 nitrogen and oxygen atoms in total. The van der Waals surface area contributed by atoms with Gasteiger partial charge in [0.15, 0.2) is 0 Å². The number of benzene rings is 2. The molecule has 0 saturated carbocycles. The summed E-state index contributed by atoms with van der Waals surface area (Å²) in [5.74, 6) is 1.54. The van der Waals surface area contributed by atoms with E-state index < -0.39 is 0 Å². The molecule has 1 N–H and O–H groups in total. The van der Waals surface area contributed by atoms with Crippen LogP contribution in [0, 0.1) is 6.92 Å². The van der Waals surface area contributed by atoms with Crippen molar-refractivity contribution in [2.75, 3.05) is 41.3 Å². The van der Waals surface area contributed by atoms with Crippen molar-refractivity contribution >= 4 is 45.9 Å². The van der Waals surface area contributed by atoms with Crippen LogP contribution < -0.4 is 15.1 Å². The molecule has 0 bridgehead atoms. The summed E-state index contributed by atoms with van der Waals surface area (Å²) < 4.78 is 0. The molecule has 8 heteroatoms. The Balaban J connectivity index is 1.32. The van der Waals surface area contributed by atoms with E-state index in [0.29, 0.717) is 10.6 Å². The van der Waals surface area contributed by atoms with E-state index in [1.807, 2.05) is 24.3 Å². The summed E-state index contributed by atoms with van der Waals surface area (Å²) in [4.78, 5) is 30.7. The van der Waals surface area contributed by atoms with E-state index >= 15 is 0 Å². The van der Waals surface area contributed by atoms with Gasteiger partial charge in [-0.1, -0.05) is 17.7 Å². The normalized spacial score (nSPS) is 13.9. The minimum Gasteiger partial charge on any atom is -0.353 e. The Bertz CT molecular complexity index is 1310. The number of pyridine rings is 1. The zero-order chi connectivity index (χ0) is 22.8. The van der Waals surface area contributed by atoms with Crippen LogP contribution in [0.15, 0.2) is 67.0 Å². The van der Waals surface area contributed by atoms with Crippen LogP contribution in [0.1, 0.15) is 15.9 Å². The third kappa shape index (κ3) is 4.59. The largest absolute Gasteiger partial charge is 0.353 e. The van der Waals surface area contributed by atoms with Crippen LogP contribution in [-0.2, 0) is 0 Å². The van der Waals surface area contributed by atoms with Gasteiger partial charge in [0.05, 0.1) is 5.52 Å². The Labute approximate surface area is 197 Å². The summed E-state index contributed by atoms with van der Waals surface area (Å²) in [6.45, 7) is 5.46. The standard InChI is InChI=1S/C25H23ClN6O/c1-17-14-23(31-10-12-32(13-11-31)25-27-8-3-9-28-25)30-22-7-6-20(16-21(17)22)29-24(33)18-4-2-5-19(26)15-18/h2-9,14-16H,10-13H2,1H3,(H,29,33). The van der Waals surface area contributed by atoms with Crippen LogP contribution in [-0.4, -0.2) is 47.0 Å². The van der Waals surface area contributed by atoms with Gasteiger partial charge in [0.2, 0.25) is 5.95 Å². The molecule has 33 heavy (non-hydrogen) atoms. The number of hydrogen-bond acceptors (Lipinski definition) is 6. The fourth-order valence-corrected chi connectivity index (χ4v) is 4.23. The number of nitrogens with zero attached hydrogens (tertiary/aromatic N) is 5. The van der Waals surface area contributed by atoms with E-state index in [0.717, 1.165) is 60.1 Å². The number of aromatic nitrogens is 3. The van der Waals surface area contributed by atoms with Gasteiger partial charge in [0.1, 0.15) is 5.82 Å². The predicted molar refractivity (Wildman–Crippen MR) is 132 cm³/mol. The number of rotatable bonds is 4. The molecule has 1 amide bonds. The maximum atomic E-state index is 12.6. The highest BCUT2D eigenvalue weighted by atomic mass is 35.5. The van der Waals surface area contributed by atoms with Crippen molar-refractivity contribution in [1.82, 2.24) is 15.0 Å². The van der Waals surface area contributed by atoms with Gasteiger partial charge in [0, 0.05) is 60.2 Å². The second kappa shape index (κ2) is 9.03. The first-order chi connectivity index (χ1) is 16.1. The molecule has 4 aromatic rings. The van der Waals surface area contributed by atoms with Crippen molar-refractivity contribution in [3.63, 3.8) is 0 Å². The maximum absolute atomic E-state index is 12.6. The average molecular weight is 459 g/mol. The summed E-state index contributed by atoms with van der Waals surface area (Å²) in [7, 11) is 0. The lowest BCUT2D eigenvalue weighted by molar-refractivity contribution is 0.102. The number of hydrogen-bond donors (Lipinski definition) is 1. The quantitative estimate of drug-likeness (QED) is 0.483. The molecule has 0 spiro atoms. The highest BCUT2D eigenvalue weighted by molar-refractivity contribution is 6.31.